The normalized spacial score (nSPS) is 11.6. The van der Waals surface area contributed by atoms with Crippen molar-refractivity contribution in [3.05, 3.63) is 24.0 Å². The minimum absolute atomic E-state index is 0.000367. The molecule has 1 amide bonds. The Morgan fingerprint density at radius 3 is 2.75 bits per heavy atom. The van der Waals surface area contributed by atoms with Gasteiger partial charge < -0.3 is 14.7 Å². The lowest BCUT2D eigenvalue weighted by Gasteiger charge is -2.25. The highest BCUT2D eigenvalue weighted by Crippen LogP contribution is 2.18. The molecule has 0 atom stereocenters. The van der Waals surface area contributed by atoms with E-state index in [1.807, 2.05) is 0 Å². The number of carbonyl (C=O) groups is 1. The van der Waals surface area contributed by atoms with E-state index in [2.05, 4.69) is 4.98 Å². The van der Waals surface area contributed by atoms with Gasteiger partial charge >= 0.3 is 0 Å². The van der Waals surface area contributed by atoms with Crippen molar-refractivity contribution in [3.8, 4) is 5.75 Å². The minimum atomic E-state index is -2.63. The summed E-state index contributed by atoms with van der Waals surface area (Å²) in [6.07, 6.45) is -1.26. The average molecular weight is 288 g/mol. The summed E-state index contributed by atoms with van der Waals surface area (Å²) in [5, 5.41) is 9.68. The summed E-state index contributed by atoms with van der Waals surface area (Å²) in [6.45, 7) is 2.39. The molecule has 0 aliphatic heterocycles. The second kappa shape index (κ2) is 6.60. The number of pyridine rings is 1. The molecular formula is C13H18F2N2O3. The van der Waals surface area contributed by atoms with E-state index in [0.717, 1.165) is 0 Å². The number of nitrogens with zero attached hydrogens (tertiary/aromatic N) is 2. The first-order valence-corrected chi connectivity index (χ1v) is 6.04. The zero-order valence-electron chi connectivity index (χ0n) is 11.6. The third-order valence-corrected chi connectivity index (χ3v) is 2.31. The van der Waals surface area contributed by atoms with Crippen molar-refractivity contribution >= 4 is 5.91 Å². The number of halogens is 2. The molecule has 0 radical (unpaired) electrons. The van der Waals surface area contributed by atoms with E-state index in [9.17, 15) is 18.7 Å². The van der Waals surface area contributed by atoms with Gasteiger partial charge in [-0.05, 0) is 26.0 Å². The quantitative estimate of drug-likeness (QED) is 0.863. The highest BCUT2D eigenvalue weighted by molar-refractivity contribution is 5.94. The highest BCUT2D eigenvalue weighted by Gasteiger charge is 2.23. The van der Waals surface area contributed by atoms with E-state index in [1.54, 1.807) is 13.8 Å². The summed E-state index contributed by atoms with van der Waals surface area (Å²) in [6, 6.07) is 2.90. The molecular weight excluding hydrogens is 270 g/mol. The highest BCUT2D eigenvalue weighted by atomic mass is 19.3. The van der Waals surface area contributed by atoms with Crippen LogP contribution in [0.5, 0.6) is 5.75 Å². The summed E-state index contributed by atoms with van der Waals surface area (Å²) >= 11 is 0. The van der Waals surface area contributed by atoms with Crippen molar-refractivity contribution in [1.82, 2.24) is 9.88 Å². The van der Waals surface area contributed by atoms with Crippen molar-refractivity contribution in [3.63, 3.8) is 0 Å². The number of ether oxygens (including phenoxy) is 1. The topological polar surface area (TPSA) is 62.7 Å². The van der Waals surface area contributed by atoms with Crippen LogP contribution in [-0.2, 0) is 0 Å². The molecule has 0 fully saturated rings. The third kappa shape index (κ3) is 5.08. The van der Waals surface area contributed by atoms with Gasteiger partial charge in [-0.15, -0.1) is 0 Å². The number of rotatable bonds is 6. The predicted molar refractivity (Wildman–Crippen MR) is 69.0 cm³/mol. The maximum absolute atomic E-state index is 12.2. The zero-order chi connectivity index (χ0) is 15.3. The number of alkyl halides is 2. The third-order valence-electron chi connectivity index (χ3n) is 2.31. The Balaban J connectivity index is 2.87. The van der Waals surface area contributed by atoms with Gasteiger partial charge in [0.25, 0.3) is 12.3 Å². The molecule has 20 heavy (non-hydrogen) atoms. The van der Waals surface area contributed by atoms with Gasteiger partial charge in [0.1, 0.15) is 6.61 Å². The van der Waals surface area contributed by atoms with Crippen molar-refractivity contribution in [2.45, 2.75) is 25.9 Å². The van der Waals surface area contributed by atoms with E-state index in [0.29, 0.717) is 0 Å². The Hall–Kier alpha value is -1.76. The summed E-state index contributed by atoms with van der Waals surface area (Å²) < 4.78 is 29.2. The van der Waals surface area contributed by atoms with Gasteiger partial charge in [0, 0.05) is 19.8 Å². The molecule has 0 saturated heterocycles. The fraction of sp³-hybridized carbons (Fsp3) is 0.538. The molecule has 0 saturated carbocycles. The van der Waals surface area contributed by atoms with Crippen LogP contribution in [0, 0.1) is 0 Å². The Kier molecular flexibility index (Phi) is 5.38. The zero-order valence-corrected chi connectivity index (χ0v) is 11.6. The fourth-order valence-corrected chi connectivity index (χ4v) is 1.65. The summed E-state index contributed by atoms with van der Waals surface area (Å²) in [5.41, 5.74) is -1.12. The Bertz CT molecular complexity index is 461. The van der Waals surface area contributed by atoms with Crippen LogP contribution in [0.3, 0.4) is 0 Å². The molecule has 0 bridgehead atoms. The molecule has 1 aromatic rings. The van der Waals surface area contributed by atoms with Gasteiger partial charge in [-0.3, -0.25) is 4.79 Å². The van der Waals surface area contributed by atoms with Crippen LogP contribution in [0.1, 0.15) is 24.3 Å². The maximum Gasteiger partial charge on any atom is 0.276 e. The van der Waals surface area contributed by atoms with Crippen LogP contribution in [0.4, 0.5) is 8.78 Å². The summed E-state index contributed by atoms with van der Waals surface area (Å²) in [4.78, 5) is 17.3. The molecule has 0 aliphatic rings. The Morgan fingerprint density at radius 1 is 1.55 bits per heavy atom. The molecule has 5 nitrogen and oxygen atoms in total. The SMILES string of the molecule is CN(CC(C)(C)O)C(=O)c1ncccc1OCC(F)F. The molecule has 1 heterocycles. The number of carbonyl (C=O) groups excluding carboxylic acids is 1. The number of aliphatic hydroxyl groups is 1. The summed E-state index contributed by atoms with van der Waals surface area (Å²) in [7, 11) is 1.49. The monoisotopic (exact) mass is 288 g/mol. The van der Waals surface area contributed by atoms with Crippen molar-refractivity contribution < 1.29 is 23.4 Å². The van der Waals surface area contributed by atoms with Crippen LogP contribution >= 0.6 is 0 Å². The number of hydrogen-bond acceptors (Lipinski definition) is 4. The largest absolute Gasteiger partial charge is 0.485 e. The van der Waals surface area contributed by atoms with Gasteiger partial charge in [0.15, 0.2) is 11.4 Å². The van der Waals surface area contributed by atoms with Crippen molar-refractivity contribution in [1.29, 1.82) is 0 Å². The van der Waals surface area contributed by atoms with Gasteiger partial charge in [0.05, 0.1) is 5.60 Å². The van der Waals surface area contributed by atoms with Crippen LogP contribution < -0.4 is 4.74 Å². The standard InChI is InChI=1S/C13H18F2N2O3/c1-13(2,19)8-17(3)12(18)11-9(5-4-6-16-11)20-7-10(14)15/h4-6,10,19H,7-8H2,1-3H3. The number of amides is 1. The summed E-state index contributed by atoms with van der Waals surface area (Å²) in [5.74, 6) is -0.502. The van der Waals surface area contributed by atoms with Crippen LogP contribution in [0.25, 0.3) is 0 Å². The average Bonchev–Trinajstić information content (AvgIpc) is 2.33. The second-order valence-electron chi connectivity index (χ2n) is 5.03. The molecule has 112 valence electrons. The van der Waals surface area contributed by atoms with E-state index in [-0.39, 0.29) is 18.0 Å². The smallest absolute Gasteiger partial charge is 0.276 e. The minimum Gasteiger partial charge on any atom is -0.485 e. The van der Waals surface area contributed by atoms with Crippen molar-refractivity contribution in [2.24, 2.45) is 0 Å². The molecule has 0 aromatic carbocycles. The van der Waals surface area contributed by atoms with Gasteiger partial charge in [-0.25, -0.2) is 13.8 Å². The van der Waals surface area contributed by atoms with Gasteiger partial charge in [-0.1, -0.05) is 0 Å². The van der Waals surface area contributed by atoms with Gasteiger partial charge in [0.2, 0.25) is 0 Å². The number of aromatic nitrogens is 1. The lowest BCUT2D eigenvalue weighted by Crippen LogP contribution is -2.40. The molecule has 0 unspecified atom stereocenters. The van der Waals surface area contributed by atoms with Crippen LogP contribution in [0.2, 0.25) is 0 Å². The molecule has 1 rings (SSSR count). The van der Waals surface area contributed by atoms with E-state index in [1.165, 1.54) is 30.3 Å². The fourth-order valence-electron chi connectivity index (χ4n) is 1.65. The molecule has 1 N–H and O–H groups in total. The first kappa shape index (κ1) is 16.3. The lowest BCUT2D eigenvalue weighted by molar-refractivity contribution is 0.0359. The first-order chi connectivity index (χ1) is 9.20. The maximum atomic E-state index is 12.2. The predicted octanol–water partition coefficient (Wildman–Crippen LogP) is 1.57. The van der Waals surface area contributed by atoms with Crippen LogP contribution in [-0.4, -0.2) is 53.1 Å². The molecule has 0 spiro atoms. The Morgan fingerprint density at radius 2 is 2.20 bits per heavy atom. The molecule has 7 heteroatoms. The first-order valence-electron chi connectivity index (χ1n) is 6.04. The van der Waals surface area contributed by atoms with E-state index in [4.69, 9.17) is 4.74 Å². The molecule has 0 aliphatic carbocycles. The molecule has 1 aromatic heterocycles. The van der Waals surface area contributed by atoms with E-state index >= 15 is 0 Å². The van der Waals surface area contributed by atoms with Crippen molar-refractivity contribution in [2.75, 3.05) is 20.2 Å². The second-order valence-corrected chi connectivity index (χ2v) is 5.03. The van der Waals surface area contributed by atoms with Gasteiger partial charge in [-0.2, -0.15) is 0 Å². The lowest BCUT2D eigenvalue weighted by atomic mass is 10.1. The number of likely N-dealkylation sites (N-methyl/N-ethyl adjacent to an activating group) is 1. The van der Waals surface area contributed by atoms with Crippen LogP contribution in [0.15, 0.2) is 18.3 Å². The van der Waals surface area contributed by atoms with E-state index < -0.39 is 24.5 Å². The number of hydrogen-bond donors (Lipinski definition) is 1. The Labute approximate surface area is 116 Å².